The van der Waals surface area contributed by atoms with Gasteiger partial charge in [-0.05, 0) is 18.1 Å². The van der Waals surface area contributed by atoms with Crippen molar-refractivity contribution in [3.05, 3.63) is 35.7 Å². The van der Waals surface area contributed by atoms with Crippen LogP contribution < -0.4 is 10.5 Å². The Hall–Kier alpha value is -2.04. The fraction of sp³-hybridized carbons (Fsp3) is 0.333. The molecule has 0 radical (unpaired) electrons. The Bertz CT molecular complexity index is 530. The zero-order valence-corrected chi connectivity index (χ0v) is 9.63. The van der Waals surface area contributed by atoms with Crippen LogP contribution in [-0.2, 0) is 13.5 Å². The highest BCUT2D eigenvalue weighted by molar-refractivity contribution is 5.36. The second kappa shape index (κ2) is 3.76. The van der Waals surface area contributed by atoms with E-state index in [2.05, 4.69) is 16.1 Å². The average Bonchev–Trinajstić information content (AvgIpc) is 2.69. The summed E-state index contributed by atoms with van der Waals surface area (Å²) in [6.07, 6.45) is 0.902. The second-order valence-corrected chi connectivity index (χ2v) is 4.27. The van der Waals surface area contributed by atoms with E-state index in [1.165, 1.54) is 5.56 Å². The van der Waals surface area contributed by atoms with Crippen molar-refractivity contribution in [2.45, 2.75) is 12.3 Å². The number of benzene rings is 1. The number of nitrogens with two attached hydrogens (primary N) is 1. The molecule has 1 aromatic heterocycles. The number of nitrogen functional groups attached to an aromatic ring is 1. The molecule has 1 atom stereocenters. The van der Waals surface area contributed by atoms with E-state index in [-0.39, 0.29) is 5.92 Å². The van der Waals surface area contributed by atoms with E-state index in [4.69, 9.17) is 10.5 Å². The van der Waals surface area contributed by atoms with Gasteiger partial charge in [0.25, 0.3) is 0 Å². The van der Waals surface area contributed by atoms with Gasteiger partial charge in [-0.2, -0.15) is 10.1 Å². The van der Waals surface area contributed by atoms with Crippen molar-refractivity contribution in [1.82, 2.24) is 14.8 Å². The molecule has 1 aromatic carbocycles. The smallest absolute Gasteiger partial charge is 0.218 e. The predicted octanol–water partition coefficient (Wildman–Crippen LogP) is 1.12. The Kier molecular flexibility index (Phi) is 2.24. The van der Waals surface area contributed by atoms with Crippen LogP contribution in [0.25, 0.3) is 0 Å². The van der Waals surface area contributed by atoms with Gasteiger partial charge >= 0.3 is 0 Å². The number of hydrogen-bond donors (Lipinski definition) is 1. The van der Waals surface area contributed by atoms with Gasteiger partial charge in [-0.3, -0.25) is 0 Å². The first-order chi connectivity index (χ1) is 8.24. The molecular formula is C12H14N4O. The summed E-state index contributed by atoms with van der Waals surface area (Å²) in [5, 5.41) is 4.31. The summed E-state index contributed by atoms with van der Waals surface area (Å²) in [7, 11) is 1.80. The standard InChI is InChI=1S/C12H14N4O/c1-16-12(13)14-11(15-16)9-6-8-4-2-3-5-10(8)17-7-9/h2-5,9H,6-7H2,1H3,(H2,13,14,15). The first kappa shape index (κ1) is 10.1. The Labute approximate surface area is 99.2 Å². The van der Waals surface area contributed by atoms with Gasteiger partial charge in [0, 0.05) is 7.05 Å². The van der Waals surface area contributed by atoms with E-state index < -0.39 is 0 Å². The lowest BCUT2D eigenvalue weighted by Gasteiger charge is -2.23. The van der Waals surface area contributed by atoms with Crippen LogP contribution in [0.2, 0.25) is 0 Å². The molecule has 5 nitrogen and oxygen atoms in total. The van der Waals surface area contributed by atoms with E-state index in [1.807, 2.05) is 18.2 Å². The van der Waals surface area contributed by atoms with Crippen molar-refractivity contribution in [1.29, 1.82) is 0 Å². The molecule has 0 spiro atoms. The molecule has 1 unspecified atom stereocenters. The van der Waals surface area contributed by atoms with Crippen LogP contribution in [-0.4, -0.2) is 21.4 Å². The molecular weight excluding hydrogens is 216 g/mol. The Morgan fingerprint density at radius 3 is 3.00 bits per heavy atom. The van der Waals surface area contributed by atoms with Crippen molar-refractivity contribution in [3.8, 4) is 5.75 Å². The van der Waals surface area contributed by atoms with Gasteiger partial charge in [0.2, 0.25) is 5.95 Å². The quantitative estimate of drug-likeness (QED) is 0.797. The van der Waals surface area contributed by atoms with Gasteiger partial charge in [0.15, 0.2) is 5.82 Å². The first-order valence-corrected chi connectivity index (χ1v) is 5.61. The Morgan fingerprint density at radius 2 is 2.24 bits per heavy atom. The molecule has 5 heteroatoms. The van der Waals surface area contributed by atoms with E-state index >= 15 is 0 Å². The molecule has 0 saturated heterocycles. The van der Waals surface area contributed by atoms with Gasteiger partial charge in [0.05, 0.1) is 12.5 Å². The number of fused-ring (bicyclic) bond motifs is 1. The highest BCUT2D eigenvalue weighted by Crippen LogP contribution is 2.30. The van der Waals surface area contributed by atoms with Crippen molar-refractivity contribution in [2.75, 3.05) is 12.3 Å². The molecule has 3 rings (SSSR count). The first-order valence-electron chi connectivity index (χ1n) is 5.61. The summed E-state index contributed by atoms with van der Waals surface area (Å²) in [5.74, 6) is 2.36. The maximum absolute atomic E-state index is 5.71. The largest absolute Gasteiger partial charge is 0.493 e. The van der Waals surface area contributed by atoms with Crippen molar-refractivity contribution in [3.63, 3.8) is 0 Å². The summed E-state index contributed by atoms with van der Waals surface area (Å²) in [6.45, 7) is 0.612. The molecule has 2 N–H and O–H groups in total. The van der Waals surface area contributed by atoms with Crippen molar-refractivity contribution in [2.24, 2.45) is 7.05 Å². The highest BCUT2D eigenvalue weighted by Gasteiger charge is 2.24. The Balaban J connectivity index is 1.89. The molecule has 0 aliphatic carbocycles. The van der Waals surface area contributed by atoms with Crippen LogP contribution in [0.5, 0.6) is 5.75 Å². The summed E-state index contributed by atoms with van der Waals surface area (Å²) < 4.78 is 7.30. The predicted molar refractivity (Wildman–Crippen MR) is 63.8 cm³/mol. The Morgan fingerprint density at radius 1 is 1.41 bits per heavy atom. The number of rotatable bonds is 1. The monoisotopic (exact) mass is 230 g/mol. The number of hydrogen-bond acceptors (Lipinski definition) is 4. The lowest BCUT2D eigenvalue weighted by Crippen LogP contribution is -2.20. The third-order valence-electron chi connectivity index (χ3n) is 3.06. The number of nitrogens with zero attached hydrogens (tertiary/aromatic N) is 3. The van der Waals surface area contributed by atoms with Gasteiger partial charge < -0.3 is 10.5 Å². The molecule has 0 amide bonds. The fourth-order valence-corrected chi connectivity index (χ4v) is 2.08. The normalized spacial score (nSPS) is 18.5. The molecule has 88 valence electrons. The molecule has 2 aromatic rings. The lowest BCUT2D eigenvalue weighted by molar-refractivity contribution is 0.257. The van der Waals surface area contributed by atoms with Gasteiger partial charge in [0.1, 0.15) is 5.75 Å². The van der Waals surface area contributed by atoms with E-state index in [1.54, 1.807) is 11.7 Å². The summed E-state index contributed by atoms with van der Waals surface area (Å²) in [4.78, 5) is 4.26. The minimum Gasteiger partial charge on any atom is -0.493 e. The van der Waals surface area contributed by atoms with Crippen molar-refractivity contribution < 1.29 is 4.74 Å². The highest BCUT2D eigenvalue weighted by atomic mass is 16.5. The van der Waals surface area contributed by atoms with Crippen LogP contribution in [0.3, 0.4) is 0 Å². The van der Waals surface area contributed by atoms with E-state index in [0.717, 1.165) is 18.0 Å². The van der Waals surface area contributed by atoms with Gasteiger partial charge in [-0.25, -0.2) is 4.68 Å². The average molecular weight is 230 g/mol. The number of anilines is 1. The summed E-state index contributed by atoms with van der Waals surface area (Å²) >= 11 is 0. The van der Waals surface area contributed by atoms with Crippen LogP contribution in [0.1, 0.15) is 17.3 Å². The maximum atomic E-state index is 5.71. The van der Waals surface area contributed by atoms with Crippen LogP contribution in [0, 0.1) is 0 Å². The van der Waals surface area contributed by atoms with Gasteiger partial charge in [-0.1, -0.05) is 18.2 Å². The molecule has 0 bridgehead atoms. The molecule has 1 aliphatic heterocycles. The summed E-state index contributed by atoms with van der Waals surface area (Å²) in [6, 6.07) is 8.07. The minimum absolute atomic E-state index is 0.188. The fourth-order valence-electron chi connectivity index (χ4n) is 2.08. The molecule has 17 heavy (non-hydrogen) atoms. The number of para-hydroxylation sites is 1. The molecule has 2 heterocycles. The zero-order chi connectivity index (χ0) is 11.8. The maximum Gasteiger partial charge on any atom is 0.218 e. The van der Waals surface area contributed by atoms with E-state index in [0.29, 0.717) is 12.6 Å². The molecule has 0 fully saturated rings. The number of ether oxygens (including phenoxy) is 1. The van der Waals surface area contributed by atoms with Crippen molar-refractivity contribution >= 4 is 5.95 Å². The van der Waals surface area contributed by atoms with E-state index in [9.17, 15) is 0 Å². The van der Waals surface area contributed by atoms with Crippen LogP contribution in [0.15, 0.2) is 24.3 Å². The SMILES string of the molecule is Cn1nc(C2COc3ccccc3C2)nc1N. The van der Waals surface area contributed by atoms with Crippen LogP contribution in [0.4, 0.5) is 5.95 Å². The van der Waals surface area contributed by atoms with Crippen LogP contribution >= 0.6 is 0 Å². The molecule has 1 aliphatic rings. The minimum atomic E-state index is 0.188. The molecule has 0 saturated carbocycles. The van der Waals surface area contributed by atoms with Gasteiger partial charge in [-0.15, -0.1) is 0 Å². The number of aromatic nitrogens is 3. The third kappa shape index (κ3) is 1.73. The third-order valence-corrected chi connectivity index (χ3v) is 3.06. The lowest BCUT2D eigenvalue weighted by atomic mass is 9.96. The second-order valence-electron chi connectivity index (χ2n) is 4.27. The number of aryl methyl sites for hydroxylation is 1. The zero-order valence-electron chi connectivity index (χ0n) is 9.63. The summed E-state index contributed by atoms with van der Waals surface area (Å²) in [5.41, 5.74) is 6.89. The topological polar surface area (TPSA) is 66.0 Å².